The van der Waals surface area contributed by atoms with Crippen molar-refractivity contribution in [1.82, 2.24) is 10.2 Å². The molecule has 142 valence electrons. The Hall–Kier alpha value is -2.99. The molecule has 0 aliphatic carbocycles. The summed E-state index contributed by atoms with van der Waals surface area (Å²) in [7, 11) is 0. The van der Waals surface area contributed by atoms with E-state index in [2.05, 4.69) is 10.6 Å². The monoisotopic (exact) mass is 375 g/mol. The maximum atomic E-state index is 13.4. The molecule has 0 aromatic heterocycles. The van der Waals surface area contributed by atoms with Crippen LogP contribution in [0.5, 0.6) is 0 Å². The molecule has 2 aromatic carbocycles. The SMILES string of the molecule is CC1NC2(C(=O)Nc3ccccc32)[C@H]2C(=O)N(CCc3ccccc3)C(=O)[C@@H]12. The van der Waals surface area contributed by atoms with Crippen molar-refractivity contribution in [2.75, 3.05) is 11.9 Å². The van der Waals surface area contributed by atoms with Gasteiger partial charge in [0.05, 0.1) is 11.8 Å². The smallest absolute Gasteiger partial charge is 0.250 e. The highest BCUT2D eigenvalue weighted by Gasteiger charge is 2.69. The fourth-order valence-electron chi connectivity index (χ4n) is 5.09. The molecule has 6 heteroatoms. The number of nitrogens with zero attached hydrogens (tertiary/aromatic N) is 1. The number of carbonyl (C=O) groups is 3. The normalized spacial score (nSPS) is 30.7. The van der Waals surface area contributed by atoms with Gasteiger partial charge in [0.1, 0.15) is 5.54 Å². The number of hydrogen-bond donors (Lipinski definition) is 2. The largest absolute Gasteiger partial charge is 0.324 e. The number of nitrogens with one attached hydrogen (secondary N) is 2. The van der Waals surface area contributed by atoms with Gasteiger partial charge in [0.25, 0.3) is 0 Å². The molecule has 0 saturated carbocycles. The van der Waals surface area contributed by atoms with Gasteiger partial charge in [0.15, 0.2) is 0 Å². The third kappa shape index (κ3) is 2.15. The molecule has 3 heterocycles. The molecule has 2 fully saturated rings. The van der Waals surface area contributed by atoms with Gasteiger partial charge in [-0.2, -0.15) is 0 Å². The van der Waals surface area contributed by atoms with Gasteiger partial charge in [0.2, 0.25) is 17.7 Å². The van der Waals surface area contributed by atoms with E-state index >= 15 is 0 Å². The zero-order valence-electron chi connectivity index (χ0n) is 15.5. The Labute approximate surface area is 162 Å². The van der Waals surface area contributed by atoms with E-state index in [9.17, 15) is 14.4 Å². The predicted octanol–water partition coefficient (Wildman–Crippen LogP) is 1.67. The van der Waals surface area contributed by atoms with Crippen molar-refractivity contribution >= 4 is 23.4 Å². The third-order valence-electron chi connectivity index (χ3n) is 6.33. The molecule has 5 rings (SSSR count). The van der Waals surface area contributed by atoms with Gasteiger partial charge in [-0.15, -0.1) is 0 Å². The van der Waals surface area contributed by atoms with Crippen molar-refractivity contribution in [2.24, 2.45) is 11.8 Å². The highest BCUT2D eigenvalue weighted by atomic mass is 16.2. The highest BCUT2D eigenvalue weighted by Crippen LogP contribution is 2.52. The van der Waals surface area contributed by atoms with Gasteiger partial charge in [-0.25, -0.2) is 0 Å². The van der Waals surface area contributed by atoms with Crippen molar-refractivity contribution in [1.29, 1.82) is 0 Å². The lowest BCUT2D eigenvalue weighted by Gasteiger charge is -2.29. The summed E-state index contributed by atoms with van der Waals surface area (Å²) in [5.41, 5.74) is 1.36. The van der Waals surface area contributed by atoms with E-state index in [-0.39, 0.29) is 23.8 Å². The fourth-order valence-corrected chi connectivity index (χ4v) is 5.09. The van der Waals surface area contributed by atoms with Gasteiger partial charge in [-0.05, 0) is 25.0 Å². The zero-order chi connectivity index (χ0) is 19.5. The lowest BCUT2D eigenvalue weighted by molar-refractivity contribution is -0.142. The van der Waals surface area contributed by atoms with E-state index in [1.165, 1.54) is 4.90 Å². The van der Waals surface area contributed by atoms with Crippen molar-refractivity contribution < 1.29 is 14.4 Å². The Bertz CT molecular complexity index is 990. The second kappa shape index (κ2) is 6.01. The molecule has 2 aromatic rings. The van der Waals surface area contributed by atoms with Gasteiger partial charge < -0.3 is 5.32 Å². The maximum Gasteiger partial charge on any atom is 0.250 e. The molecule has 2 saturated heterocycles. The van der Waals surface area contributed by atoms with Gasteiger partial charge in [0, 0.05) is 23.8 Å². The molecule has 0 bridgehead atoms. The van der Waals surface area contributed by atoms with Crippen LogP contribution < -0.4 is 10.6 Å². The van der Waals surface area contributed by atoms with E-state index < -0.39 is 17.4 Å². The molecule has 3 aliphatic rings. The summed E-state index contributed by atoms with van der Waals surface area (Å²) < 4.78 is 0. The molecule has 3 aliphatic heterocycles. The van der Waals surface area contributed by atoms with E-state index in [1.807, 2.05) is 61.5 Å². The van der Waals surface area contributed by atoms with E-state index in [4.69, 9.17) is 0 Å². The summed E-state index contributed by atoms with van der Waals surface area (Å²) >= 11 is 0. The van der Waals surface area contributed by atoms with Crippen LogP contribution in [-0.4, -0.2) is 35.2 Å². The number of likely N-dealkylation sites (tertiary alicyclic amines) is 1. The Balaban J connectivity index is 1.50. The molecule has 28 heavy (non-hydrogen) atoms. The summed E-state index contributed by atoms with van der Waals surface area (Å²) in [5, 5.41) is 6.20. The summed E-state index contributed by atoms with van der Waals surface area (Å²) in [5.74, 6) is -1.93. The van der Waals surface area contributed by atoms with Crippen LogP contribution in [0.25, 0.3) is 0 Å². The third-order valence-corrected chi connectivity index (χ3v) is 6.33. The van der Waals surface area contributed by atoms with Crippen LogP contribution in [0.15, 0.2) is 54.6 Å². The number of anilines is 1. The number of rotatable bonds is 3. The average Bonchev–Trinajstić information content (AvgIpc) is 3.26. The number of benzene rings is 2. The molecule has 0 radical (unpaired) electrons. The fraction of sp³-hybridized carbons (Fsp3) is 0.318. The van der Waals surface area contributed by atoms with Crippen LogP contribution in [0.3, 0.4) is 0 Å². The Morgan fingerprint density at radius 3 is 2.46 bits per heavy atom. The highest BCUT2D eigenvalue weighted by molar-refractivity contribution is 6.15. The van der Waals surface area contributed by atoms with E-state index in [0.29, 0.717) is 18.7 Å². The van der Waals surface area contributed by atoms with Crippen molar-refractivity contribution in [2.45, 2.75) is 24.9 Å². The lowest BCUT2D eigenvalue weighted by Crippen LogP contribution is -2.53. The first-order chi connectivity index (χ1) is 13.5. The molecule has 1 spiro atoms. The topological polar surface area (TPSA) is 78.5 Å². The molecular weight excluding hydrogens is 354 g/mol. The number of amides is 3. The van der Waals surface area contributed by atoms with Gasteiger partial charge >= 0.3 is 0 Å². The summed E-state index contributed by atoms with van der Waals surface area (Å²) in [4.78, 5) is 40.9. The van der Waals surface area contributed by atoms with Crippen LogP contribution in [0, 0.1) is 11.8 Å². The molecule has 6 nitrogen and oxygen atoms in total. The Morgan fingerprint density at radius 2 is 1.68 bits per heavy atom. The first kappa shape index (κ1) is 17.1. The van der Waals surface area contributed by atoms with Crippen LogP contribution in [-0.2, 0) is 26.3 Å². The van der Waals surface area contributed by atoms with Crippen molar-refractivity contribution in [3.05, 3.63) is 65.7 Å². The molecular formula is C22H21N3O3. The first-order valence-corrected chi connectivity index (χ1v) is 9.62. The van der Waals surface area contributed by atoms with E-state index in [0.717, 1.165) is 11.1 Å². The van der Waals surface area contributed by atoms with Gasteiger partial charge in [-0.1, -0.05) is 48.5 Å². The standard InChI is InChI=1S/C22H21N3O3/c1-13-17-18(22(24-13)15-9-5-6-10-16(15)23-21(22)28)20(27)25(19(17)26)12-11-14-7-3-2-4-8-14/h2-10,13,17-18,24H,11-12H2,1H3,(H,23,28)/t13?,17-,18+,22?/m0/s1. The minimum Gasteiger partial charge on any atom is -0.324 e. The molecule has 3 amide bonds. The van der Waals surface area contributed by atoms with Crippen molar-refractivity contribution in [3.8, 4) is 0 Å². The van der Waals surface area contributed by atoms with Crippen LogP contribution >= 0.6 is 0 Å². The van der Waals surface area contributed by atoms with Crippen LogP contribution in [0.2, 0.25) is 0 Å². The van der Waals surface area contributed by atoms with Gasteiger partial charge in [-0.3, -0.25) is 24.6 Å². The molecule has 2 unspecified atom stereocenters. The van der Waals surface area contributed by atoms with Crippen molar-refractivity contribution in [3.63, 3.8) is 0 Å². The quantitative estimate of drug-likeness (QED) is 0.800. The average molecular weight is 375 g/mol. The lowest BCUT2D eigenvalue weighted by atomic mass is 9.76. The maximum absolute atomic E-state index is 13.4. The molecule has 4 atom stereocenters. The predicted molar refractivity (Wildman–Crippen MR) is 103 cm³/mol. The number of para-hydroxylation sites is 1. The van der Waals surface area contributed by atoms with E-state index in [1.54, 1.807) is 0 Å². The minimum atomic E-state index is -1.17. The number of hydrogen-bond acceptors (Lipinski definition) is 4. The second-order valence-corrected chi connectivity index (χ2v) is 7.81. The Morgan fingerprint density at radius 1 is 0.964 bits per heavy atom. The molecule has 2 N–H and O–H groups in total. The number of fused-ring (bicyclic) bond motifs is 4. The summed E-state index contributed by atoms with van der Waals surface area (Å²) in [6, 6.07) is 16.9. The van der Waals surface area contributed by atoms with Crippen LogP contribution in [0.1, 0.15) is 18.1 Å². The number of carbonyl (C=O) groups excluding carboxylic acids is 3. The summed E-state index contributed by atoms with van der Waals surface area (Å²) in [6.45, 7) is 2.22. The number of imide groups is 1. The summed E-state index contributed by atoms with van der Waals surface area (Å²) in [6.07, 6.45) is 0.607. The second-order valence-electron chi connectivity index (χ2n) is 7.81. The zero-order valence-corrected chi connectivity index (χ0v) is 15.5. The minimum absolute atomic E-state index is 0.181. The van der Waals surface area contributed by atoms with Crippen LogP contribution in [0.4, 0.5) is 5.69 Å². The first-order valence-electron chi connectivity index (χ1n) is 9.62. The Kier molecular flexibility index (Phi) is 3.67.